The Kier molecular flexibility index (Phi) is 19.1. The molecule has 47 heavy (non-hydrogen) atoms. The minimum atomic E-state index is -3.38. The molecule has 0 saturated heterocycles. The predicted molar refractivity (Wildman–Crippen MR) is 177 cm³/mol. The minimum absolute atomic E-state index is 0.0316. The van der Waals surface area contributed by atoms with Crippen LogP contribution in [0.5, 0.6) is 0 Å². The van der Waals surface area contributed by atoms with Crippen LogP contribution in [0.4, 0.5) is 14.4 Å². The number of nitrogens with one attached hydrogen (secondary N) is 6. The second kappa shape index (κ2) is 20.6. The first kappa shape index (κ1) is 43.5. The molecule has 0 rings (SSSR count). The highest BCUT2D eigenvalue weighted by Crippen LogP contribution is 2.41. The Morgan fingerprint density at radius 2 is 0.681 bits per heavy atom. The van der Waals surface area contributed by atoms with Crippen LogP contribution in [0.2, 0.25) is 0 Å². The molecule has 16 nitrogen and oxygen atoms in total. The van der Waals surface area contributed by atoms with E-state index in [1.165, 1.54) is 0 Å². The van der Waals surface area contributed by atoms with Gasteiger partial charge in [0.25, 0.3) is 0 Å². The molecule has 0 heterocycles. The van der Waals surface area contributed by atoms with E-state index in [-0.39, 0.29) is 57.8 Å². The van der Waals surface area contributed by atoms with E-state index in [1.807, 2.05) is 0 Å². The summed E-state index contributed by atoms with van der Waals surface area (Å²) in [4.78, 5) is 72.6. The molecule has 0 bridgehead atoms. The topological polar surface area (TPSA) is 219 Å². The molecule has 0 unspecified atom stereocenters. The average molecular weight is 693 g/mol. The molecule has 0 aliphatic rings. The SMILES string of the molecule is CC(C)(C)OC(=O)NCCCC(=O)NCP(=O)(CNC(=O)CCCNC(=O)OC(C)(C)C)CNC(=O)CCCNC(=O)OC(C)(C)C. The molecule has 0 aromatic heterocycles. The standard InChI is InChI=1S/C30H57N6O10P/c1-28(2,3)44-25(40)31-16-10-13-22(37)34-19-47(43,20-35-23(38)14-11-17-32-26(41)45-29(4,5)6)21-36-24(39)15-12-18-33-27(42)46-30(7,8)9/h10-21H2,1-9H3,(H,31,40)(H,32,41)(H,33,42)(H,34,37)(H,35,38)(H,36,39). The van der Waals surface area contributed by atoms with Gasteiger partial charge in [-0.25, -0.2) is 14.4 Å². The minimum Gasteiger partial charge on any atom is -0.444 e. The highest BCUT2D eigenvalue weighted by molar-refractivity contribution is 7.63. The molecule has 6 N–H and O–H groups in total. The first-order valence-corrected chi connectivity index (χ1v) is 18.0. The molecular formula is C30H57N6O10P. The van der Waals surface area contributed by atoms with Crippen LogP contribution in [0.1, 0.15) is 101 Å². The lowest BCUT2D eigenvalue weighted by Crippen LogP contribution is -2.36. The van der Waals surface area contributed by atoms with Crippen molar-refractivity contribution in [3.63, 3.8) is 0 Å². The van der Waals surface area contributed by atoms with Gasteiger partial charge in [0.1, 0.15) is 23.9 Å². The van der Waals surface area contributed by atoms with E-state index < -0.39 is 59.9 Å². The van der Waals surface area contributed by atoms with Crippen LogP contribution in [-0.4, -0.2) is 91.3 Å². The Labute approximate surface area is 278 Å². The lowest BCUT2D eigenvalue weighted by molar-refractivity contribution is -0.121. The number of carbonyl (C=O) groups is 6. The molecule has 17 heteroatoms. The molecule has 6 amide bonds. The van der Waals surface area contributed by atoms with E-state index in [0.29, 0.717) is 19.3 Å². The zero-order valence-electron chi connectivity index (χ0n) is 29.5. The smallest absolute Gasteiger partial charge is 0.407 e. The second-order valence-corrected chi connectivity index (χ2v) is 17.0. The van der Waals surface area contributed by atoms with Crippen LogP contribution in [-0.2, 0) is 33.2 Å². The van der Waals surface area contributed by atoms with E-state index in [1.54, 1.807) is 62.3 Å². The van der Waals surface area contributed by atoms with Crippen molar-refractivity contribution < 1.29 is 47.5 Å². The molecule has 0 saturated carbocycles. The van der Waals surface area contributed by atoms with Crippen molar-refractivity contribution in [3.05, 3.63) is 0 Å². The van der Waals surface area contributed by atoms with Crippen LogP contribution in [0.25, 0.3) is 0 Å². The van der Waals surface area contributed by atoms with Crippen molar-refractivity contribution in [1.82, 2.24) is 31.9 Å². The average Bonchev–Trinajstić information content (AvgIpc) is 2.90. The lowest BCUT2D eigenvalue weighted by atomic mass is 10.2. The Balaban J connectivity index is 4.89. The van der Waals surface area contributed by atoms with Crippen LogP contribution in [0.3, 0.4) is 0 Å². The zero-order valence-corrected chi connectivity index (χ0v) is 30.4. The van der Waals surface area contributed by atoms with Gasteiger partial charge < -0.3 is 50.7 Å². The molecule has 0 spiro atoms. The maximum absolute atomic E-state index is 13.7. The summed E-state index contributed by atoms with van der Waals surface area (Å²) in [6, 6.07) is 0. The second-order valence-electron chi connectivity index (χ2n) is 13.9. The van der Waals surface area contributed by atoms with Crippen molar-refractivity contribution >= 4 is 43.1 Å². The highest BCUT2D eigenvalue weighted by Gasteiger charge is 2.25. The Morgan fingerprint density at radius 3 is 0.894 bits per heavy atom. The first-order valence-electron chi connectivity index (χ1n) is 15.8. The van der Waals surface area contributed by atoms with E-state index in [4.69, 9.17) is 14.2 Å². The van der Waals surface area contributed by atoms with Gasteiger partial charge >= 0.3 is 18.3 Å². The van der Waals surface area contributed by atoms with Crippen molar-refractivity contribution in [2.45, 2.75) is 118 Å². The number of ether oxygens (including phenoxy) is 3. The first-order chi connectivity index (χ1) is 21.5. The normalized spacial score (nSPS) is 11.9. The summed E-state index contributed by atoms with van der Waals surface area (Å²) in [6.45, 7) is 16.2. The molecular weight excluding hydrogens is 635 g/mol. The number of rotatable bonds is 18. The summed E-state index contributed by atoms with van der Waals surface area (Å²) >= 11 is 0. The van der Waals surface area contributed by atoms with Crippen LogP contribution >= 0.6 is 7.14 Å². The number of alkyl carbamates (subject to hydrolysis) is 3. The van der Waals surface area contributed by atoms with Gasteiger partial charge in [-0.1, -0.05) is 0 Å². The number of carbonyl (C=O) groups excluding carboxylic acids is 6. The third kappa shape index (κ3) is 27.3. The zero-order chi connectivity index (χ0) is 36.3. The summed E-state index contributed by atoms with van der Waals surface area (Å²) in [7, 11) is -3.38. The summed E-state index contributed by atoms with van der Waals surface area (Å²) in [5.74, 6) is -1.26. The van der Waals surface area contributed by atoms with Gasteiger partial charge in [0, 0.05) is 38.9 Å². The van der Waals surface area contributed by atoms with Gasteiger partial charge in [-0.05, 0) is 81.6 Å². The lowest BCUT2D eigenvalue weighted by Gasteiger charge is -2.21. The number of hydrogen-bond acceptors (Lipinski definition) is 10. The maximum Gasteiger partial charge on any atom is 0.407 e. The van der Waals surface area contributed by atoms with Gasteiger partial charge in [0.15, 0.2) is 0 Å². The summed E-state index contributed by atoms with van der Waals surface area (Å²) in [5, 5.41) is 15.4. The fourth-order valence-corrected chi connectivity index (χ4v) is 5.12. The quantitative estimate of drug-likeness (QED) is 0.0698. The molecule has 0 radical (unpaired) electrons. The fourth-order valence-electron chi connectivity index (χ4n) is 3.39. The summed E-state index contributed by atoms with van der Waals surface area (Å²) < 4.78 is 29.1. The largest absolute Gasteiger partial charge is 0.444 e. The molecule has 0 fully saturated rings. The van der Waals surface area contributed by atoms with E-state index in [0.717, 1.165) is 0 Å². The highest BCUT2D eigenvalue weighted by atomic mass is 31.2. The van der Waals surface area contributed by atoms with Crippen molar-refractivity contribution in [2.75, 3.05) is 38.5 Å². The Bertz CT molecular complexity index is 963. The van der Waals surface area contributed by atoms with Crippen molar-refractivity contribution in [3.8, 4) is 0 Å². The molecule has 0 aliphatic heterocycles. The van der Waals surface area contributed by atoms with Gasteiger partial charge in [-0.2, -0.15) is 0 Å². The van der Waals surface area contributed by atoms with Crippen molar-refractivity contribution in [2.24, 2.45) is 0 Å². The van der Waals surface area contributed by atoms with Crippen molar-refractivity contribution in [1.29, 1.82) is 0 Å². The van der Waals surface area contributed by atoms with Gasteiger partial charge in [-0.3, -0.25) is 14.4 Å². The number of hydrogen-bond donors (Lipinski definition) is 6. The Morgan fingerprint density at radius 1 is 0.447 bits per heavy atom. The third-order valence-corrected chi connectivity index (χ3v) is 7.64. The predicted octanol–water partition coefficient (Wildman–Crippen LogP) is 3.49. The maximum atomic E-state index is 13.7. The van der Waals surface area contributed by atoms with Gasteiger partial charge in [0.05, 0.1) is 18.9 Å². The molecule has 0 aromatic rings. The van der Waals surface area contributed by atoms with E-state index >= 15 is 0 Å². The van der Waals surface area contributed by atoms with Gasteiger partial charge in [0.2, 0.25) is 17.7 Å². The third-order valence-electron chi connectivity index (χ3n) is 5.44. The molecule has 0 aromatic carbocycles. The van der Waals surface area contributed by atoms with E-state index in [2.05, 4.69) is 31.9 Å². The number of amides is 6. The van der Waals surface area contributed by atoms with Crippen LogP contribution in [0, 0.1) is 0 Å². The summed E-state index contributed by atoms with van der Waals surface area (Å²) in [5.41, 5.74) is -1.95. The Hall–Kier alpha value is -3.55. The molecule has 0 aliphatic carbocycles. The van der Waals surface area contributed by atoms with E-state index in [9.17, 15) is 33.3 Å². The monoisotopic (exact) mass is 692 g/mol. The summed E-state index contributed by atoms with van der Waals surface area (Å²) in [6.07, 6.45) is -1.66. The van der Waals surface area contributed by atoms with Crippen LogP contribution < -0.4 is 31.9 Å². The molecule has 272 valence electrons. The van der Waals surface area contributed by atoms with Gasteiger partial charge in [-0.15, -0.1) is 0 Å². The molecule has 0 atom stereocenters. The van der Waals surface area contributed by atoms with Crippen LogP contribution in [0.15, 0.2) is 0 Å². The fraction of sp³-hybridized carbons (Fsp3) is 0.800.